The molecule has 31 heavy (non-hydrogen) atoms. The zero-order valence-corrected chi connectivity index (χ0v) is 16.7. The van der Waals surface area contributed by atoms with Gasteiger partial charge in [-0.05, 0) is 40.8 Å². The Morgan fingerprint density at radius 2 is 1.71 bits per heavy atom. The van der Waals surface area contributed by atoms with Crippen LogP contribution in [0.15, 0.2) is 83.8 Å². The van der Waals surface area contributed by atoms with Crippen LogP contribution in [0.2, 0.25) is 0 Å². The van der Waals surface area contributed by atoms with Crippen molar-refractivity contribution in [1.82, 2.24) is 4.57 Å². The van der Waals surface area contributed by atoms with Gasteiger partial charge >= 0.3 is 6.16 Å². The number of rotatable bonds is 6. The minimum atomic E-state index is -1.56. The quantitative estimate of drug-likeness (QED) is 0.458. The van der Waals surface area contributed by atoms with Crippen molar-refractivity contribution in [3.63, 3.8) is 0 Å². The summed E-state index contributed by atoms with van der Waals surface area (Å²) in [5.41, 5.74) is 4.37. The molecule has 0 atom stereocenters. The van der Waals surface area contributed by atoms with Gasteiger partial charge in [0.1, 0.15) is 0 Å². The van der Waals surface area contributed by atoms with E-state index in [0.717, 1.165) is 22.3 Å². The molecule has 0 aliphatic carbocycles. The monoisotopic (exact) mass is 415 g/mol. The standard InChI is InChI=1S/C25H21NO5/c27-13-12-26-16-23(31-25(29)30)24(28)21-15-17(10-11-22(21)26)14-19-8-4-5-9-20(19)18-6-2-1-3-7-18/h1-11,15-16,27H,12-14H2,(H,29,30). The third kappa shape index (κ3) is 4.34. The van der Waals surface area contributed by atoms with Gasteiger partial charge in [-0.25, -0.2) is 4.79 Å². The van der Waals surface area contributed by atoms with Crippen LogP contribution in [-0.4, -0.2) is 27.5 Å². The van der Waals surface area contributed by atoms with E-state index in [1.54, 1.807) is 10.6 Å². The Labute approximate surface area is 178 Å². The number of aliphatic hydroxyl groups excluding tert-OH is 1. The van der Waals surface area contributed by atoms with E-state index in [0.29, 0.717) is 17.3 Å². The summed E-state index contributed by atoms with van der Waals surface area (Å²) in [4.78, 5) is 23.8. The maximum atomic E-state index is 12.8. The molecule has 156 valence electrons. The van der Waals surface area contributed by atoms with E-state index in [4.69, 9.17) is 5.11 Å². The van der Waals surface area contributed by atoms with Crippen LogP contribution in [0.1, 0.15) is 11.1 Å². The highest BCUT2D eigenvalue weighted by Crippen LogP contribution is 2.26. The van der Waals surface area contributed by atoms with Crippen LogP contribution in [0, 0.1) is 0 Å². The molecule has 0 unspecified atom stereocenters. The van der Waals surface area contributed by atoms with Crippen molar-refractivity contribution < 1.29 is 19.7 Å². The second-order valence-electron chi connectivity index (χ2n) is 7.16. The Morgan fingerprint density at radius 1 is 0.968 bits per heavy atom. The molecule has 6 nitrogen and oxygen atoms in total. The summed E-state index contributed by atoms with van der Waals surface area (Å²) in [7, 11) is 0. The normalized spacial score (nSPS) is 10.9. The number of hydrogen-bond acceptors (Lipinski definition) is 4. The third-order valence-corrected chi connectivity index (χ3v) is 5.15. The predicted molar refractivity (Wildman–Crippen MR) is 119 cm³/mol. The Kier molecular flexibility index (Phi) is 5.82. The summed E-state index contributed by atoms with van der Waals surface area (Å²) in [5, 5.41) is 18.7. The fourth-order valence-electron chi connectivity index (χ4n) is 3.78. The number of carboxylic acid groups (broad SMARTS) is 1. The van der Waals surface area contributed by atoms with Crippen LogP contribution < -0.4 is 10.2 Å². The van der Waals surface area contributed by atoms with Gasteiger partial charge in [0, 0.05) is 11.9 Å². The summed E-state index contributed by atoms with van der Waals surface area (Å²) in [5.74, 6) is -0.282. The SMILES string of the molecule is O=C(O)Oc1cn(CCO)c2ccc(Cc3ccccc3-c3ccccc3)cc2c1=O. The van der Waals surface area contributed by atoms with E-state index in [1.807, 2.05) is 42.5 Å². The van der Waals surface area contributed by atoms with Crippen LogP contribution in [0.4, 0.5) is 4.79 Å². The number of fused-ring (bicyclic) bond motifs is 1. The van der Waals surface area contributed by atoms with E-state index in [2.05, 4.69) is 29.0 Å². The van der Waals surface area contributed by atoms with E-state index >= 15 is 0 Å². The van der Waals surface area contributed by atoms with Crippen molar-refractivity contribution in [2.75, 3.05) is 6.61 Å². The Hall–Kier alpha value is -3.90. The van der Waals surface area contributed by atoms with Gasteiger partial charge in [0.2, 0.25) is 5.43 Å². The third-order valence-electron chi connectivity index (χ3n) is 5.15. The van der Waals surface area contributed by atoms with Gasteiger partial charge in [-0.15, -0.1) is 0 Å². The summed E-state index contributed by atoms with van der Waals surface area (Å²) >= 11 is 0. The van der Waals surface area contributed by atoms with E-state index in [1.165, 1.54) is 6.20 Å². The second-order valence-corrected chi connectivity index (χ2v) is 7.16. The minimum absolute atomic E-state index is 0.156. The number of hydrogen-bond donors (Lipinski definition) is 2. The molecular formula is C25H21NO5. The van der Waals surface area contributed by atoms with Crippen molar-refractivity contribution in [3.8, 4) is 16.9 Å². The number of ether oxygens (including phenoxy) is 1. The molecule has 2 N–H and O–H groups in total. The smallest absolute Gasteiger partial charge is 0.449 e. The van der Waals surface area contributed by atoms with Gasteiger partial charge in [-0.3, -0.25) is 4.79 Å². The predicted octanol–water partition coefficient (Wildman–Crippen LogP) is 4.31. The largest absolute Gasteiger partial charge is 0.511 e. The first-order valence-corrected chi connectivity index (χ1v) is 9.88. The highest BCUT2D eigenvalue weighted by atomic mass is 16.7. The molecule has 0 saturated heterocycles. The highest BCUT2D eigenvalue weighted by Gasteiger charge is 2.14. The highest BCUT2D eigenvalue weighted by molar-refractivity contribution is 5.82. The molecule has 0 fully saturated rings. The molecular weight excluding hydrogens is 394 g/mol. The van der Waals surface area contributed by atoms with Crippen LogP contribution in [-0.2, 0) is 13.0 Å². The van der Waals surface area contributed by atoms with Crippen molar-refractivity contribution in [3.05, 3.63) is 100 Å². The Balaban J connectivity index is 1.79. The maximum absolute atomic E-state index is 12.8. The molecule has 4 rings (SSSR count). The van der Waals surface area contributed by atoms with Gasteiger partial charge in [0.05, 0.1) is 18.3 Å². The summed E-state index contributed by atoms with van der Waals surface area (Å²) in [6, 6.07) is 23.7. The van der Waals surface area contributed by atoms with Crippen LogP contribution >= 0.6 is 0 Å². The molecule has 4 aromatic rings. The lowest BCUT2D eigenvalue weighted by Gasteiger charge is -2.14. The van der Waals surface area contributed by atoms with Gasteiger partial charge in [-0.1, -0.05) is 60.7 Å². The average molecular weight is 415 g/mol. The lowest BCUT2D eigenvalue weighted by molar-refractivity contribution is 0.143. The molecule has 6 heteroatoms. The molecule has 0 bridgehead atoms. The summed E-state index contributed by atoms with van der Waals surface area (Å²) in [6.07, 6.45) is 0.365. The molecule has 0 radical (unpaired) electrons. The number of benzene rings is 3. The van der Waals surface area contributed by atoms with E-state index in [-0.39, 0.29) is 18.9 Å². The van der Waals surface area contributed by atoms with Crippen molar-refractivity contribution in [2.24, 2.45) is 0 Å². The molecule has 1 heterocycles. The number of nitrogens with zero attached hydrogens (tertiary/aromatic N) is 1. The zero-order chi connectivity index (χ0) is 21.8. The van der Waals surface area contributed by atoms with Crippen LogP contribution in [0.5, 0.6) is 5.75 Å². The van der Waals surface area contributed by atoms with Crippen LogP contribution in [0.3, 0.4) is 0 Å². The average Bonchev–Trinajstić information content (AvgIpc) is 2.78. The molecule has 3 aromatic carbocycles. The first kappa shape index (κ1) is 20.4. The second kappa shape index (κ2) is 8.85. The molecule has 0 aliphatic heterocycles. The van der Waals surface area contributed by atoms with Crippen molar-refractivity contribution >= 4 is 17.1 Å². The van der Waals surface area contributed by atoms with Crippen LogP contribution in [0.25, 0.3) is 22.0 Å². The number of aliphatic hydroxyl groups is 1. The molecule has 1 aromatic heterocycles. The fourth-order valence-corrected chi connectivity index (χ4v) is 3.78. The summed E-state index contributed by atoms with van der Waals surface area (Å²) < 4.78 is 6.30. The van der Waals surface area contributed by atoms with Crippen molar-refractivity contribution in [1.29, 1.82) is 0 Å². The number of pyridine rings is 1. The molecule has 0 saturated carbocycles. The minimum Gasteiger partial charge on any atom is -0.449 e. The molecule has 0 aliphatic rings. The van der Waals surface area contributed by atoms with Gasteiger partial charge < -0.3 is 19.5 Å². The first-order chi connectivity index (χ1) is 15.1. The fraction of sp³-hybridized carbons (Fsp3) is 0.120. The summed E-state index contributed by atoms with van der Waals surface area (Å²) in [6.45, 7) is 0.0552. The van der Waals surface area contributed by atoms with E-state index < -0.39 is 11.6 Å². The lowest BCUT2D eigenvalue weighted by atomic mass is 9.94. The first-order valence-electron chi connectivity index (χ1n) is 9.88. The topological polar surface area (TPSA) is 88.8 Å². The van der Waals surface area contributed by atoms with Gasteiger partial charge in [0.15, 0.2) is 5.75 Å². The van der Waals surface area contributed by atoms with E-state index in [9.17, 15) is 14.7 Å². The number of carbonyl (C=O) groups is 1. The molecule has 0 spiro atoms. The Morgan fingerprint density at radius 3 is 2.45 bits per heavy atom. The maximum Gasteiger partial charge on any atom is 0.511 e. The van der Waals surface area contributed by atoms with Gasteiger partial charge in [0.25, 0.3) is 0 Å². The van der Waals surface area contributed by atoms with Gasteiger partial charge in [-0.2, -0.15) is 0 Å². The van der Waals surface area contributed by atoms with Crippen molar-refractivity contribution in [2.45, 2.75) is 13.0 Å². The Bertz CT molecular complexity index is 1290. The lowest BCUT2D eigenvalue weighted by Crippen LogP contribution is -2.17. The number of aromatic nitrogens is 1. The zero-order valence-electron chi connectivity index (χ0n) is 16.7. The molecule has 0 amide bonds.